The van der Waals surface area contributed by atoms with Crippen LogP contribution in [0.25, 0.3) is 0 Å². The van der Waals surface area contributed by atoms with Gasteiger partial charge in [-0.3, -0.25) is 0 Å². The van der Waals surface area contributed by atoms with E-state index >= 15 is 0 Å². The zero-order valence-electron chi connectivity index (χ0n) is 11.1. The first-order chi connectivity index (χ1) is 8.53. The molecule has 0 unspecified atom stereocenters. The van der Waals surface area contributed by atoms with Crippen LogP contribution >= 0.6 is 15.9 Å². The van der Waals surface area contributed by atoms with Gasteiger partial charge in [0.2, 0.25) is 0 Å². The molecule has 18 heavy (non-hydrogen) atoms. The number of hydrogen-bond acceptors (Lipinski definition) is 2. The van der Waals surface area contributed by atoms with Crippen molar-refractivity contribution in [3.8, 4) is 5.75 Å². The van der Waals surface area contributed by atoms with Crippen LogP contribution in [-0.2, 0) is 5.41 Å². The van der Waals surface area contributed by atoms with Crippen molar-refractivity contribution in [2.75, 3.05) is 13.2 Å². The highest BCUT2D eigenvalue weighted by Crippen LogP contribution is 2.33. The molecule has 2 rings (SSSR count). The highest BCUT2D eigenvalue weighted by atomic mass is 79.9. The van der Waals surface area contributed by atoms with Gasteiger partial charge in [0, 0.05) is 5.41 Å². The number of hydrogen-bond donors (Lipinski definition) is 1. The summed E-state index contributed by atoms with van der Waals surface area (Å²) >= 11 is 3.55. The van der Waals surface area contributed by atoms with Crippen LogP contribution in [-0.4, -0.2) is 18.3 Å². The molecule has 1 aromatic rings. The number of rotatable bonds is 5. The predicted molar refractivity (Wildman–Crippen MR) is 77.1 cm³/mol. The molecule has 0 radical (unpaired) electrons. The van der Waals surface area contributed by atoms with Gasteiger partial charge in [0.25, 0.3) is 0 Å². The van der Waals surface area contributed by atoms with Crippen molar-refractivity contribution in [2.45, 2.75) is 38.5 Å². The van der Waals surface area contributed by atoms with Gasteiger partial charge in [-0.15, -0.1) is 0 Å². The monoisotopic (exact) mass is 312 g/mol. The van der Waals surface area contributed by atoms with E-state index in [2.05, 4.69) is 15.9 Å². The van der Waals surface area contributed by atoms with E-state index in [0.29, 0.717) is 0 Å². The summed E-state index contributed by atoms with van der Waals surface area (Å²) in [5, 5.41) is 9.38. The molecule has 1 saturated carbocycles. The highest BCUT2D eigenvalue weighted by molar-refractivity contribution is 9.10. The number of halogens is 1. The van der Waals surface area contributed by atoms with Crippen molar-refractivity contribution >= 4 is 15.9 Å². The summed E-state index contributed by atoms with van der Waals surface area (Å²) in [6.45, 7) is 5.02. The molecule has 0 saturated heterocycles. The summed E-state index contributed by atoms with van der Waals surface area (Å²) in [7, 11) is 0. The second-order valence-electron chi connectivity index (χ2n) is 5.80. The molecule has 1 aliphatic rings. The minimum atomic E-state index is -0.213. The first-order valence-corrected chi connectivity index (χ1v) is 7.36. The van der Waals surface area contributed by atoms with Gasteiger partial charge in [-0.1, -0.05) is 26.3 Å². The second kappa shape index (κ2) is 5.62. The quantitative estimate of drug-likeness (QED) is 0.893. The van der Waals surface area contributed by atoms with E-state index in [1.165, 1.54) is 19.3 Å². The fraction of sp³-hybridized carbons (Fsp3) is 0.600. The van der Waals surface area contributed by atoms with Gasteiger partial charge in [0.15, 0.2) is 0 Å². The lowest BCUT2D eigenvalue weighted by Gasteiger charge is -2.26. The van der Waals surface area contributed by atoms with Crippen LogP contribution < -0.4 is 4.74 Å². The molecule has 0 amide bonds. The van der Waals surface area contributed by atoms with Crippen LogP contribution in [0.15, 0.2) is 22.7 Å². The smallest absolute Gasteiger partial charge is 0.133 e. The molecular weight excluding hydrogens is 292 g/mol. The lowest BCUT2D eigenvalue weighted by Crippen LogP contribution is -2.22. The van der Waals surface area contributed by atoms with Crippen LogP contribution in [0.4, 0.5) is 0 Å². The van der Waals surface area contributed by atoms with Gasteiger partial charge < -0.3 is 9.84 Å². The Kier molecular flexibility index (Phi) is 4.33. The molecule has 0 atom stereocenters. The molecule has 1 aliphatic carbocycles. The Morgan fingerprint density at radius 3 is 2.61 bits per heavy atom. The summed E-state index contributed by atoms with van der Waals surface area (Å²) in [5.41, 5.74) is 0.905. The van der Waals surface area contributed by atoms with Crippen LogP contribution in [0.1, 0.15) is 38.7 Å². The minimum Gasteiger partial charge on any atom is -0.492 e. The molecule has 0 aromatic heterocycles. The summed E-state index contributed by atoms with van der Waals surface area (Å²) in [5.74, 6) is 1.64. The van der Waals surface area contributed by atoms with E-state index in [-0.39, 0.29) is 12.0 Å². The SMILES string of the molecule is CC(C)(CO)c1ccc(OCC2CCC2)c(Br)c1. The Hall–Kier alpha value is -0.540. The maximum Gasteiger partial charge on any atom is 0.133 e. The van der Waals surface area contributed by atoms with Gasteiger partial charge >= 0.3 is 0 Å². The normalized spacial score (nSPS) is 16.4. The number of aliphatic hydroxyl groups is 1. The Bertz CT molecular complexity index is 411. The molecule has 0 aliphatic heterocycles. The fourth-order valence-electron chi connectivity index (χ4n) is 2.00. The Morgan fingerprint density at radius 2 is 2.11 bits per heavy atom. The summed E-state index contributed by atoms with van der Waals surface area (Å²) < 4.78 is 6.81. The lowest BCUT2D eigenvalue weighted by atomic mass is 9.85. The average Bonchev–Trinajstić information content (AvgIpc) is 2.29. The molecule has 3 heteroatoms. The zero-order valence-corrected chi connectivity index (χ0v) is 12.7. The predicted octanol–water partition coefficient (Wildman–Crippen LogP) is 3.90. The van der Waals surface area contributed by atoms with Crippen molar-refractivity contribution in [1.29, 1.82) is 0 Å². The maximum absolute atomic E-state index is 9.38. The van der Waals surface area contributed by atoms with E-state index < -0.39 is 0 Å². The van der Waals surface area contributed by atoms with Crippen LogP contribution in [0.2, 0.25) is 0 Å². The van der Waals surface area contributed by atoms with Crippen molar-refractivity contribution in [2.24, 2.45) is 5.92 Å². The largest absolute Gasteiger partial charge is 0.492 e. The third-order valence-electron chi connectivity index (χ3n) is 3.81. The average molecular weight is 313 g/mol. The van der Waals surface area contributed by atoms with Crippen LogP contribution in [0.3, 0.4) is 0 Å². The minimum absolute atomic E-state index is 0.141. The lowest BCUT2D eigenvalue weighted by molar-refractivity contribution is 0.179. The Labute approximate surface area is 117 Å². The fourth-order valence-corrected chi connectivity index (χ4v) is 2.49. The molecule has 0 spiro atoms. The first-order valence-electron chi connectivity index (χ1n) is 6.56. The van der Waals surface area contributed by atoms with Gasteiger partial charge in [-0.05, 0) is 52.4 Å². The maximum atomic E-state index is 9.38. The third-order valence-corrected chi connectivity index (χ3v) is 4.43. The standard InChI is InChI=1S/C15H21BrO2/c1-15(2,10-17)12-6-7-14(13(16)8-12)18-9-11-4-3-5-11/h6-8,11,17H,3-5,9-10H2,1-2H3. The van der Waals surface area contributed by atoms with Gasteiger partial charge in [-0.2, -0.15) is 0 Å². The van der Waals surface area contributed by atoms with Crippen LogP contribution in [0.5, 0.6) is 5.75 Å². The molecule has 0 heterocycles. The van der Waals surface area contributed by atoms with Gasteiger partial charge in [0.1, 0.15) is 5.75 Å². The van der Waals surface area contributed by atoms with Crippen molar-refractivity contribution in [1.82, 2.24) is 0 Å². The van der Waals surface area contributed by atoms with Crippen molar-refractivity contribution < 1.29 is 9.84 Å². The van der Waals surface area contributed by atoms with Gasteiger partial charge in [0.05, 0.1) is 17.7 Å². The van der Waals surface area contributed by atoms with Crippen molar-refractivity contribution in [3.63, 3.8) is 0 Å². The van der Waals surface area contributed by atoms with E-state index in [1.807, 2.05) is 32.0 Å². The molecule has 0 bridgehead atoms. The van der Waals surface area contributed by atoms with Crippen LogP contribution in [0, 0.1) is 5.92 Å². The first kappa shape index (κ1) is 13.9. The molecule has 1 aromatic carbocycles. The second-order valence-corrected chi connectivity index (χ2v) is 6.65. The summed E-state index contributed by atoms with van der Waals surface area (Å²) in [6, 6.07) is 6.08. The Balaban J connectivity index is 2.04. The summed E-state index contributed by atoms with van der Waals surface area (Å²) in [6.07, 6.45) is 3.94. The van der Waals surface area contributed by atoms with Gasteiger partial charge in [-0.25, -0.2) is 0 Å². The third kappa shape index (κ3) is 3.07. The Morgan fingerprint density at radius 1 is 1.39 bits per heavy atom. The van der Waals surface area contributed by atoms with E-state index in [0.717, 1.165) is 28.3 Å². The zero-order chi connectivity index (χ0) is 13.2. The molecule has 100 valence electrons. The van der Waals surface area contributed by atoms with E-state index in [9.17, 15) is 5.11 Å². The van der Waals surface area contributed by atoms with E-state index in [4.69, 9.17) is 4.74 Å². The molecule has 1 N–H and O–H groups in total. The summed E-state index contributed by atoms with van der Waals surface area (Å²) in [4.78, 5) is 0. The number of ether oxygens (including phenoxy) is 1. The highest BCUT2D eigenvalue weighted by Gasteiger charge is 2.21. The number of aliphatic hydroxyl groups excluding tert-OH is 1. The molecule has 2 nitrogen and oxygen atoms in total. The number of benzene rings is 1. The topological polar surface area (TPSA) is 29.5 Å². The molecular formula is C15H21BrO2. The molecule has 1 fully saturated rings. The van der Waals surface area contributed by atoms with Crippen molar-refractivity contribution in [3.05, 3.63) is 28.2 Å². The van der Waals surface area contributed by atoms with E-state index in [1.54, 1.807) is 0 Å².